The molecule has 0 aliphatic carbocycles. The largest absolute Gasteiger partial charge is 0.396 e. The molecule has 2 rings (SSSR count). The van der Waals surface area contributed by atoms with Crippen LogP contribution in [0.5, 0.6) is 0 Å². The third-order valence-electron chi connectivity index (χ3n) is 2.55. The van der Waals surface area contributed by atoms with Gasteiger partial charge < -0.3 is 14.9 Å². The third kappa shape index (κ3) is 2.95. The second kappa shape index (κ2) is 5.97. The molecule has 0 saturated heterocycles. The van der Waals surface area contributed by atoms with E-state index in [0.717, 1.165) is 11.1 Å². The maximum atomic E-state index is 8.85. The van der Waals surface area contributed by atoms with Crippen LogP contribution in [0.25, 0.3) is 10.9 Å². The van der Waals surface area contributed by atoms with Gasteiger partial charge in [-0.25, -0.2) is 4.99 Å². The van der Waals surface area contributed by atoms with Gasteiger partial charge in [0.1, 0.15) is 0 Å². The van der Waals surface area contributed by atoms with Gasteiger partial charge in [-0.15, -0.1) is 0 Å². The zero-order valence-electron chi connectivity index (χ0n) is 9.97. The van der Waals surface area contributed by atoms with E-state index < -0.39 is 0 Å². The Labute approximate surface area is 105 Å². The molecule has 2 aromatic rings. The quantitative estimate of drug-likeness (QED) is 0.481. The summed E-state index contributed by atoms with van der Waals surface area (Å²) in [5.74, 6) is 0.388. The maximum absolute atomic E-state index is 8.85. The Bertz CT molecular complexity index is 560. The van der Waals surface area contributed by atoms with Crippen LogP contribution in [0, 0.1) is 0 Å². The summed E-state index contributed by atoms with van der Waals surface area (Å²) in [5, 5.41) is 13.3. The van der Waals surface area contributed by atoms with E-state index in [1.54, 1.807) is 0 Å². The molecule has 18 heavy (non-hydrogen) atoms. The number of hydrogen-bond donors (Lipinski definition) is 2. The topological polar surface area (TPSA) is 70.0 Å². The molecule has 0 saturated carbocycles. The molecule has 0 aliphatic heterocycles. The first kappa shape index (κ1) is 12.3. The van der Waals surface area contributed by atoms with Crippen LogP contribution in [-0.2, 0) is 11.4 Å². The summed E-state index contributed by atoms with van der Waals surface area (Å²) < 4.78 is 0. The first-order chi connectivity index (χ1) is 8.83. The van der Waals surface area contributed by atoms with E-state index in [1.165, 1.54) is 5.39 Å². The molecular weight excluding hydrogens is 230 g/mol. The van der Waals surface area contributed by atoms with E-state index >= 15 is 0 Å². The SMILES string of the molecule is C=NO/C(CCO)=N\Cc1ccc2cc[nH]c2c1. The number of nitrogens with zero attached hydrogens (tertiary/aromatic N) is 2. The predicted molar refractivity (Wildman–Crippen MR) is 71.8 cm³/mol. The monoisotopic (exact) mass is 245 g/mol. The van der Waals surface area contributed by atoms with Crippen molar-refractivity contribution in [2.45, 2.75) is 13.0 Å². The van der Waals surface area contributed by atoms with Crippen molar-refractivity contribution in [2.24, 2.45) is 10.1 Å². The van der Waals surface area contributed by atoms with Crippen LogP contribution in [0.1, 0.15) is 12.0 Å². The van der Waals surface area contributed by atoms with Crippen molar-refractivity contribution in [1.82, 2.24) is 4.98 Å². The number of nitrogens with one attached hydrogen (secondary N) is 1. The fourth-order valence-electron chi connectivity index (χ4n) is 1.70. The summed E-state index contributed by atoms with van der Waals surface area (Å²) in [6, 6.07) is 8.10. The van der Waals surface area contributed by atoms with E-state index in [0.29, 0.717) is 18.9 Å². The van der Waals surface area contributed by atoms with Gasteiger partial charge in [-0.2, -0.15) is 0 Å². The van der Waals surface area contributed by atoms with E-state index in [-0.39, 0.29) is 6.61 Å². The van der Waals surface area contributed by atoms with Gasteiger partial charge >= 0.3 is 0 Å². The number of rotatable bonds is 5. The molecule has 0 atom stereocenters. The molecule has 5 heteroatoms. The number of benzene rings is 1. The zero-order valence-corrected chi connectivity index (χ0v) is 9.97. The van der Waals surface area contributed by atoms with Gasteiger partial charge in [0, 0.05) is 24.9 Å². The fourth-order valence-corrected chi connectivity index (χ4v) is 1.70. The average molecular weight is 245 g/mol. The number of hydrogen-bond acceptors (Lipinski definition) is 4. The molecule has 2 N–H and O–H groups in total. The minimum atomic E-state index is -0.0238. The molecule has 0 aliphatic rings. The highest BCUT2D eigenvalue weighted by Crippen LogP contribution is 2.14. The van der Waals surface area contributed by atoms with Crippen LogP contribution >= 0.6 is 0 Å². The first-order valence-corrected chi connectivity index (χ1v) is 5.66. The molecule has 94 valence electrons. The van der Waals surface area contributed by atoms with Crippen LogP contribution in [0.15, 0.2) is 40.6 Å². The molecular formula is C13H15N3O2. The Morgan fingerprint density at radius 2 is 2.28 bits per heavy atom. The van der Waals surface area contributed by atoms with Crippen molar-refractivity contribution in [1.29, 1.82) is 0 Å². The van der Waals surface area contributed by atoms with Crippen molar-refractivity contribution < 1.29 is 9.94 Å². The lowest BCUT2D eigenvalue weighted by Gasteiger charge is -2.02. The number of oxime groups is 1. The Balaban J connectivity index is 2.11. The van der Waals surface area contributed by atoms with Gasteiger partial charge in [-0.3, -0.25) is 0 Å². The molecule has 5 nitrogen and oxygen atoms in total. The van der Waals surface area contributed by atoms with Crippen LogP contribution in [0.3, 0.4) is 0 Å². The van der Waals surface area contributed by atoms with E-state index in [9.17, 15) is 0 Å². The second-order valence-electron chi connectivity index (χ2n) is 3.80. The molecule has 0 bridgehead atoms. The summed E-state index contributed by atoms with van der Waals surface area (Å²) in [6.45, 7) is 3.69. The Morgan fingerprint density at radius 3 is 3.06 bits per heavy atom. The lowest BCUT2D eigenvalue weighted by molar-refractivity contribution is 0.273. The van der Waals surface area contributed by atoms with Crippen molar-refractivity contribution >= 4 is 23.5 Å². The second-order valence-corrected chi connectivity index (χ2v) is 3.80. The molecule has 1 heterocycles. The van der Waals surface area contributed by atoms with Gasteiger partial charge in [-0.05, 0) is 23.1 Å². The van der Waals surface area contributed by atoms with Crippen molar-refractivity contribution in [3.63, 3.8) is 0 Å². The Hall–Kier alpha value is -2.14. The van der Waals surface area contributed by atoms with Crippen molar-refractivity contribution in [2.75, 3.05) is 6.61 Å². The summed E-state index contributed by atoms with van der Waals surface area (Å²) in [4.78, 5) is 12.3. The van der Waals surface area contributed by atoms with Crippen molar-refractivity contribution in [3.8, 4) is 0 Å². The summed E-state index contributed by atoms with van der Waals surface area (Å²) in [5.41, 5.74) is 2.14. The molecule has 0 radical (unpaired) electrons. The van der Waals surface area contributed by atoms with Gasteiger partial charge in [0.05, 0.1) is 13.2 Å². The number of aliphatic imine (C=N–C) groups is 1. The lowest BCUT2D eigenvalue weighted by atomic mass is 10.2. The van der Waals surface area contributed by atoms with Gasteiger partial charge in [0.15, 0.2) is 0 Å². The maximum Gasteiger partial charge on any atom is 0.222 e. The molecule has 0 spiro atoms. The summed E-state index contributed by atoms with van der Waals surface area (Å²) >= 11 is 0. The third-order valence-corrected chi connectivity index (χ3v) is 2.55. The summed E-state index contributed by atoms with van der Waals surface area (Å²) in [7, 11) is 0. The Kier molecular flexibility index (Phi) is 4.09. The van der Waals surface area contributed by atoms with E-state index in [2.05, 4.69) is 21.8 Å². The minimum Gasteiger partial charge on any atom is -0.396 e. The minimum absolute atomic E-state index is 0.0238. The standard InChI is InChI=1S/C13H15N3O2/c1-14-18-13(5-7-17)16-9-10-2-3-11-4-6-15-12(11)8-10/h2-4,6,8,15,17H,1,5,7,9H2/b16-13-. The number of aliphatic hydroxyl groups is 1. The van der Waals surface area contributed by atoms with Crippen LogP contribution in [-0.4, -0.2) is 29.3 Å². The number of aromatic amines is 1. The number of fused-ring (bicyclic) bond motifs is 1. The number of aliphatic hydroxyl groups excluding tert-OH is 1. The molecule has 0 unspecified atom stereocenters. The van der Waals surface area contributed by atoms with E-state index in [1.807, 2.05) is 30.5 Å². The average Bonchev–Trinajstić information content (AvgIpc) is 2.84. The van der Waals surface area contributed by atoms with Gasteiger partial charge in [0.2, 0.25) is 5.90 Å². The van der Waals surface area contributed by atoms with Crippen LogP contribution in [0.2, 0.25) is 0 Å². The summed E-state index contributed by atoms with van der Waals surface area (Å²) in [6.07, 6.45) is 2.24. The van der Waals surface area contributed by atoms with Gasteiger partial charge in [-0.1, -0.05) is 17.3 Å². The van der Waals surface area contributed by atoms with Crippen molar-refractivity contribution in [3.05, 3.63) is 36.0 Å². The molecule has 0 amide bonds. The zero-order chi connectivity index (χ0) is 12.8. The highest BCUT2D eigenvalue weighted by Gasteiger charge is 2.01. The predicted octanol–water partition coefficient (Wildman–Crippen LogP) is 2.08. The molecule has 0 fully saturated rings. The lowest BCUT2D eigenvalue weighted by Crippen LogP contribution is -2.04. The fraction of sp³-hybridized carbons (Fsp3) is 0.231. The highest BCUT2D eigenvalue weighted by atomic mass is 16.6. The highest BCUT2D eigenvalue weighted by molar-refractivity contribution is 5.80. The Morgan fingerprint density at radius 1 is 1.39 bits per heavy atom. The number of aromatic nitrogens is 1. The van der Waals surface area contributed by atoms with Gasteiger partial charge in [0.25, 0.3) is 0 Å². The molecule has 1 aromatic heterocycles. The number of H-pyrrole nitrogens is 1. The first-order valence-electron chi connectivity index (χ1n) is 5.66. The molecule has 1 aromatic carbocycles. The smallest absolute Gasteiger partial charge is 0.222 e. The van der Waals surface area contributed by atoms with E-state index in [4.69, 9.17) is 9.94 Å². The normalized spacial score (nSPS) is 11.7. The van der Waals surface area contributed by atoms with Crippen LogP contribution in [0.4, 0.5) is 0 Å². The van der Waals surface area contributed by atoms with Crippen LogP contribution < -0.4 is 0 Å².